The van der Waals surface area contributed by atoms with Gasteiger partial charge in [0.2, 0.25) is 5.88 Å². The van der Waals surface area contributed by atoms with E-state index in [1.54, 1.807) is 12.1 Å². The summed E-state index contributed by atoms with van der Waals surface area (Å²) in [6.45, 7) is 2.69. The number of nitrogens with zero attached hydrogens (tertiary/aromatic N) is 3. The number of thiophene rings is 1. The molecule has 3 aromatic heterocycles. The van der Waals surface area contributed by atoms with Crippen molar-refractivity contribution < 1.29 is 33.7 Å². The molecule has 0 radical (unpaired) electrons. The van der Waals surface area contributed by atoms with Gasteiger partial charge in [-0.2, -0.15) is 5.26 Å². The number of benzene rings is 1. The highest BCUT2D eigenvalue weighted by atomic mass is 32.1. The van der Waals surface area contributed by atoms with Crippen LogP contribution in [0.4, 0.5) is 5.69 Å². The summed E-state index contributed by atoms with van der Waals surface area (Å²) in [5, 5.41) is 28.8. The van der Waals surface area contributed by atoms with Gasteiger partial charge in [-0.3, -0.25) is 0 Å². The quantitative estimate of drug-likeness (QED) is 0.326. The molecule has 0 saturated carbocycles. The Labute approximate surface area is 220 Å². The van der Waals surface area contributed by atoms with Gasteiger partial charge in [0.15, 0.2) is 0 Å². The van der Waals surface area contributed by atoms with Gasteiger partial charge in [0.1, 0.15) is 23.1 Å². The number of furan rings is 1. The number of hydrogen-bond acceptors (Lipinski definition) is 9. The minimum atomic E-state index is -1.27. The number of rotatable bonds is 8. The summed E-state index contributed by atoms with van der Waals surface area (Å²) in [5.74, 6) is -2.50. The number of carboxylic acid groups (broad SMARTS) is 2. The lowest BCUT2D eigenvalue weighted by atomic mass is 10.0. The molecule has 4 aromatic rings. The number of nitriles is 1. The summed E-state index contributed by atoms with van der Waals surface area (Å²) in [5.41, 5.74) is 3.55. The Bertz CT molecular complexity index is 1520. The number of carbonyl (C=O) groups is 2. The van der Waals surface area contributed by atoms with Crippen molar-refractivity contribution in [2.75, 3.05) is 31.2 Å². The Morgan fingerprint density at radius 2 is 1.84 bits per heavy atom. The first kappa shape index (κ1) is 25.0. The van der Waals surface area contributed by atoms with E-state index >= 15 is 0 Å². The summed E-state index contributed by atoms with van der Waals surface area (Å²) >= 11 is 0.802. The van der Waals surface area contributed by atoms with E-state index < -0.39 is 11.9 Å². The molecular weight excluding hydrogens is 510 g/mol. The van der Waals surface area contributed by atoms with Crippen molar-refractivity contribution >= 4 is 29.0 Å². The first-order chi connectivity index (χ1) is 18.4. The zero-order valence-corrected chi connectivity index (χ0v) is 20.7. The fourth-order valence-corrected chi connectivity index (χ4v) is 5.05. The second kappa shape index (κ2) is 10.8. The molecule has 38 heavy (non-hydrogen) atoms. The molecule has 0 atom stereocenters. The summed E-state index contributed by atoms with van der Waals surface area (Å²) in [4.78, 5) is 29.9. The van der Waals surface area contributed by atoms with Crippen LogP contribution in [0.5, 0.6) is 5.88 Å². The van der Waals surface area contributed by atoms with E-state index in [0.717, 1.165) is 41.7 Å². The number of anilines is 1. The Morgan fingerprint density at radius 1 is 1.08 bits per heavy atom. The van der Waals surface area contributed by atoms with E-state index in [2.05, 4.69) is 16.0 Å². The van der Waals surface area contributed by atoms with Gasteiger partial charge >= 0.3 is 11.9 Å². The predicted molar refractivity (Wildman–Crippen MR) is 138 cm³/mol. The summed E-state index contributed by atoms with van der Waals surface area (Å²) in [7, 11) is 0. The Morgan fingerprint density at radius 3 is 2.47 bits per heavy atom. The molecule has 2 N–H and O–H groups in total. The normalized spacial score (nSPS) is 13.2. The maximum atomic E-state index is 11.7. The molecule has 0 spiro atoms. The third-order valence-electron chi connectivity index (χ3n) is 6.06. The van der Waals surface area contributed by atoms with Gasteiger partial charge in [0.25, 0.3) is 0 Å². The lowest BCUT2D eigenvalue weighted by Gasteiger charge is -2.28. The molecule has 10 nitrogen and oxygen atoms in total. The van der Waals surface area contributed by atoms with Crippen LogP contribution in [-0.2, 0) is 11.3 Å². The lowest BCUT2D eigenvalue weighted by Crippen LogP contribution is -2.36. The maximum Gasteiger partial charge on any atom is 0.345 e. The number of morpholine rings is 1. The predicted octanol–water partition coefficient (Wildman–Crippen LogP) is 4.75. The van der Waals surface area contributed by atoms with Crippen molar-refractivity contribution in [2.45, 2.75) is 6.61 Å². The molecule has 1 aliphatic heterocycles. The summed E-state index contributed by atoms with van der Waals surface area (Å²) in [6, 6.07) is 14.6. The zero-order chi connectivity index (χ0) is 26.6. The van der Waals surface area contributed by atoms with E-state index in [0.29, 0.717) is 30.0 Å². The van der Waals surface area contributed by atoms with Crippen LogP contribution >= 0.6 is 11.3 Å². The fourth-order valence-electron chi connectivity index (χ4n) is 4.15. The topological polar surface area (TPSA) is 146 Å². The van der Waals surface area contributed by atoms with Crippen LogP contribution in [0.2, 0.25) is 0 Å². The molecule has 1 aromatic carbocycles. The highest BCUT2D eigenvalue weighted by molar-refractivity contribution is 7.14. The molecular formula is C27H21N3O7S. The van der Waals surface area contributed by atoms with E-state index in [4.69, 9.17) is 13.9 Å². The lowest BCUT2D eigenvalue weighted by molar-refractivity contribution is 0.0693. The monoisotopic (exact) mass is 531 g/mol. The van der Waals surface area contributed by atoms with Crippen LogP contribution in [-0.4, -0.2) is 53.4 Å². The van der Waals surface area contributed by atoms with Gasteiger partial charge < -0.3 is 29.0 Å². The number of ether oxygens (including phenoxy) is 2. The van der Waals surface area contributed by atoms with Crippen molar-refractivity contribution in [3.8, 4) is 34.3 Å². The third kappa shape index (κ3) is 5.08. The zero-order valence-electron chi connectivity index (χ0n) is 19.9. The standard InChI is InChI=1S/C27H21N3O7S/c28-13-21-19(17-5-8-36-14-17)11-22(16-1-3-18(4-2-16)30-6-9-35-10-7-30)29-25(21)37-15-24-20(26(31)32)12-23(38-24)27(33)34/h1-5,8,11-12,14H,6-7,9-10,15H2,(H,31,32)(H,33,34). The summed E-state index contributed by atoms with van der Waals surface area (Å²) in [6.07, 6.45) is 3.00. The Kier molecular flexibility index (Phi) is 7.08. The number of carboxylic acids is 2. The molecule has 1 aliphatic rings. The van der Waals surface area contributed by atoms with Crippen molar-refractivity contribution in [1.29, 1.82) is 5.26 Å². The number of aromatic carboxylic acids is 2. The molecule has 0 bridgehead atoms. The van der Waals surface area contributed by atoms with Crippen LogP contribution < -0.4 is 9.64 Å². The first-order valence-corrected chi connectivity index (χ1v) is 12.4. The summed E-state index contributed by atoms with van der Waals surface area (Å²) < 4.78 is 16.5. The minimum Gasteiger partial charge on any atom is -0.478 e. The van der Waals surface area contributed by atoms with Gasteiger partial charge in [-0.05, 0) is 30.3 Å². The van der Waals surface area contributed by atoms with Gasteiger partial charge in [0, 0.05) is 35.5 Å². The molecule has 4 heterocycles. The number of pyridine rings is 1. The highest BCUT2D eigenvalue weighted by Crippen LogP contribution is 2.35. The van der Waals surface area contributed by atoms with E-state index in [9.17, 15) is 25.1 Å². The molecule has 11 heteroatoms. The third-order valence-corrected chi connectivity index (χ3v) is 7.16. The van der Waals surface area contributed by atoms with Crippen LogP contribution in [0.25, 0.3) is 22.4 Å². The fraction of sp³-hybridized carbons (Fsp3) is 0.185. The van der Waals surface area contributed by atoms with Gasteiger partial charge in [-0.15, -0.1) is 11.3 Å². The Hall–Kier alpha value is -4.66. The second-order valence-electron chi connectivity index (χ2n) is 8.35. The van der Waals surface area contributed by atoms with Crippen molar-refractivity contribution in [2.24, 2.45) is 0 Å². The number of aromatic nitrogens is 1. The van der Waals surface area contributed by atoms with Crippen LogP contribution in [0.3, 0.4) is 0 Å². The van der Waals surface area contributed by atoms with Gasteiger partial charge in [-0.25, -0.2) is 14.6 Å². The molecule has 5 rings (SSSR count). The number of hydrogen-bond donors (Lipinski definition) is 2. The molecule has 1 fully saturated rings. The molecule has 192 valence electrons. The minimum absolute atomic E-state index is 0.0000644. The second-order valence-corrected chi connectivity index (χ2v) is 9.49. The average molecular weight is 532 g/mol. The van der Waals surface area contributed by atoms with Crippen LogP contribution in [0, 0.1) is 11.3 Å². The van der Waals surface area contributed by atoms with E-state index in [1.807, 2.05) is 24.3 Å². The molecule has 0 amide bonds. The van der Waals surface area contributed by atoms with E-state index in [1.165, 1.54) is 12.5 Å². The van der Waals surface area contributed by atoms with Gasteiger partial charge in [-0.1, -0.05) is 12.1 Å². The van der Waals surface area contributed by atoms with Gasteiger partial charge in [0.05, 0.1) is 41.9 Å². The van der Waals surface area contributed by atoms with Crippen molar-refractivity contribution in [1.82, 2.24) is 4.98 Å². The van der Waals surface area contributed by atoms with E-state index in [-0.39, 0.29) is 33.4 Å². The molecule has 1 saturated heterocycles. The van der Waals surface area contributed by atoms with Crippen molar-refractivity contribution in [3.63, 3.8) is 0 Å². The van der Waals surface area contributed by atoms with Crippen molar-refractivity contribution in [3.05, 3.63) is 75.9 Å². The van der Waals surface area contributed by atoms with Crippen LogP contribution in [0.1, 0.15) is 30.5 Å². The molecule has 0 aliphatic carbocycles. The smallest absolute Gasteiger partial charge is 0.345 e. The SMILES string of the molecule is N#Cc1c(-c2ccoc2)cc(-c2ccc(N3CCOCC3)cc2)nc1OCc1sc(C(=O)O)cc1C(=O)O. The largest absolute Gasteiger partial charge is 0.478 e. The first-order valence-electron chi connectivity index (χ1n) is 11.6. The Balaban J connectivity index is 1.52. The average Bonchev–Trinajstić information content (AvgIpc) is 3.63. The van der Waals surface area contributed by atoms with Crippen LogP contribution in [0.15, 0.2) is 59.4 Å². The maximum absolute atomic E-state index is 11.7. The molecule has 0 unspecified atom stereocenters. The highest BCUT2D eigenvalue weighted by Gasteiger charge is 2.22.